The molecule has 2 aromatic heterocycles. The summed E-state index contributed by atoms with van der Waals surface area (Å²) >= 11 is 12.9. The van der Waals surface area contributed by atoms with Crippen LogP contribution in [0, 0.1) is 5.92 Å². The lowest BCUT2D eigenvalue weighted by molar-refractivity contribution is 0.414. The summed E-state index contributed by atoms with van der Waals surface area (Å²) in [6.07, 6.45) is 6.29. The van der Waals surface area contributed by atoms with Crippen LogP contribution in [0.2, 0.25) is 5.02 Å². The first-order valence-electron chi connectivity index (χ1n) is 13.4. The molecule has 0 spiro atoms. The number of piperidine rings is 1. The molecule has 2 fully saturated rings. The van der Waals surface area contributed by atoms with E-state index >= 15 is 0 Å². The van der Waals surface area contributed by atoms with Gasteiger partial charge in [-0.2, -0.15) is 0 Å². The summed E-state index contributed by atoms with van der Waals surface area (Å²) in [5.74, 6) is 1.58. The number of hydrogen-bond donors (Lipinski definition) is 1. The molecule has 8 heteroatoms. The van der Waals surface area contributed by atoms with Gasteiger partial charge in [0.2, 0.25) is 0 Å². The number of anilines is 2. The zero-order valence-electron chi connectivity index (χ0n) is 22.1. The van der Waals surface area contributed by atoms with E-state index < -0.39 is 0 Å². The molecule has 0 saturated carbocycles. The third-order valence-corrected chi connectivity index (χ3v) is 8.48. The molecule has 0 unspecified atom stereocenters. The number of ether oxygens (including phenoxy) is 1. The monoisotopic (exact) mass is 557 g/mol. The van der Waals surface area contributed by atoms with Gasteiger partial charge in [0.25, 0.3) is 0 Å². The smallest absolute Gasteiger partial charge is 0.174 e. The molecule has 4 heterocycles. The van der Waals surface area contributed by atoms with Gasteiger partial charge in [0.05, 0.1) is 29.6 Å². The van der Waals surface area contributed by atoms with Crippen LogP contribution in [0.15, 0.2) is 85.2 Å². The normalized spacial score (nSPS) is 19.8. The second-order valence-corrected chi connectivity index (χ2v) is 11.1. The summed E-state index contributed by atoms with van der Waals surface area (Å²) < 4.78 is 7.58. The number of pyridine rings is 1. The highest BCUT2D eigenvalue weighted by atomic mass is 35.5. The number of rotatable bonds is 6. The number of nitrogens with zero attached hydrogens (tertiary/aromatic N) is 4. The summed E-state index contributed by atoms with van der Waals surface area (Å²) in [5, 5.41) is 4.96. The molecular weight excluding hydrogens is 526 g/mol. The molecule has 0 amide bonds. The Bertz CT molecular complexity index is 1450. The number of thiocarbonyl (C=S) groups is 1. The average molecular weight is 558 g/mol. The minimum absolute atomic E-state index is 0.146. The SMILES string of the molecule is COc1ccc(-n2cccc2[C@@H]2[C@H](c3ccccn3)NC(=S)N2c2ccc(N3CCC(C)CC3)c(Cl)c2)cc1. The first kappa shape index (κ1) is 25.7. The van der Waals surface area contributed by atoms with Crippen molar-refractivity contribution in [1.82, 2.24) is 14.9 Å². The van der Waals surface area contributed by atoms with Crippen molar-refractivity contribution in [1.29, 1.82) is 0 Å². The third kappa shape index (κ3) is 4.97. The fourth-order valence-electron chi connectivity index (χ4n) is 5.70. The van der Waals surface area contributed by atoms with Gasteiger partial charge in [0.15, 0.2) is 5.11 Å². The van der Waals surface area contributed by atoms with Crippen LogP contribution in [-0.2, 0) is 0 Å². The van der Waals surface area contributed by atoms with E-state index in [2.05, 4.69) is 75.3 Å². The third-order valence-electron chi connectivity index (χ3n) is 7.87. The van der Waals surface area contributed by atoms with Crippen LogP contribution in [0.1, 0.15) is 43.2 Å². The van der Waals surface area contributed by atoms with Crippen molar-refractivity contribution in [3.05, 3.63) is 102 Å². The maximum Gasteiger partial charge on any atom is 0.174 e. The molecule has 0 bridgehead atoms. The Hall–Kier alpha value is -3.55. The number of benzene rings is 2. The van der Waals surface area contributed by atoms with Crippen molar-refractivity contribution in [3.63, 3.8) is 0 Å². The second-order valence-electron chi connectivity index (χ2n) is 10.3. The van der Waals surface area contributed by atoms with E-state index in [1.165, 1.54) is 12.8 Å². The van der Waals surface area contributed by atoms with Crippen LogP contribution in [-0.4, -0.2) is 34.9 Å². The van der Waals surface area contributed by atoms with E-state index in [1.807, 2.05) is 36.5 Å². The fraction of sp³-hybridized carbons (Fsp3) is 0.290. The number of methoxy groups -OCH3 is 1. The Morgan fingerprint density at radius 3 is 2.44 bits per heavy atom. The van der Waals surface area contributed by atoms with Gasteiger partial charge >= 0.3 is 0 Å². The zero-order chi connectivity index (χ0) is 26.9. The van der Waals surface area contributed by atoms with Gasteiger partial charge in [-0.15, -0.1) is 0 Å². The van der Waals surface area contributed by atoms with Gasteiger partial charge in [-0.25, -0.2) is 0 Å². The number of nitrogens with one attached hydrogen (secondary N) is 1. The summed E-state index contributed by atoms with van der Waals surface area (Å²) in [5.41, 5.74) is 5.11. The van der Waals surface area contributed by atoms with Gasteiger partial charge in [0.1, 0.15) is 11.8 Å². The Morgan fingerprint density at radius 2 is 1.74 bits per heavy atom. The fourth-order valence-corrected chi connectivity index (χ4v) is 6.34. The summed E-state index contributed by atoms with van der Waals surface area (Å²) in [6.45, 7) is 4.39. The van der Waals surface area contributed by atoms with Crippen molar-refractivity contribution >= 4 is 40.3 Å². The van der Waals surface area contributed by atoms with E-state index in [9.17, 15) is 0 Å². The largest absolute Gasteiger partial charge is 0.497 e. The molecule has 2 aliphatic rings. The summed E-state index contributed by atoms with van der Waals surface area (Å²) in [7, 11) is 1.68. The van der Waals surface area contributed by atoms with E-state index in [4.69, 9.17) is 33.5 Å². The first-order valence-corrected chi connectivity index (χ1v) is 14.2. The van der Waals surface area contributed by atoms with Crippen LogP contribution in [0.3, 0.4) is 0 Å². The van der Waals surface area contributed by atoms with E-state index in [0.717, 1.165) is 58.2 Å². The molecule has 39 heavy (non-hydrogen) atoms. The maximum atomic E-state index is 6.95. The molecule has 0 radical (unpaired) electrons. The molecule has 2 atom stereocenters. The Morgan fingerprint density at radius 1 is 0.974 bits per heavy atom. The number of halogens is 1. The topological polar surface area (TPSA) is 45.6 Å². The minimum Gasteiger partial charge on any atom is -0.497 e. The van der Waals surface area contributed by atoms with Crippen molar-refractivity contribution in [2.75, 3.05) is 30.0 Å². The molecule has 0 aliphatic carbocycles. The lowest BCUT2D eigenvalue weighted by atomic mass is 9.98. The van der Waals surface area contributed by atoms with Gasteiger partial charge in [-0.1, -0.05) is 24.6 Å². The maximum absolute atomic E-state index is 6.95. The quantitative estimate of drug-likeness (QED) is 0.259. The van der Waals surface area contributed by atoms with E-state index in [-0.39, 0.29) is 12.1 Å². The molecule has 2 aliphatic heterocycles. The predicted molar refractivity (Wildman–Crippen MR) is 162 cm³/mol. The lowest BCUT2D eigenvalue weighted by Gasteiger charge is -2.33. The standard InChI is InChI=1S/C31H32ClN5OS/c1-21-14-18-35(19-15-21)27-13-10-23(20-25(27)32)37-30(29(34-31(37)39)26-6-3-4-16-33-26)28-7-5-17-36(28)22-8-11-24(38-2)12-9-22/h3-13,16-17,20-21,29-30H,14-15,18-19H2,1-2H3,(H,34,39)/t29-,30+/m0/s1. The van der Waals surface area contributed by atoms with Crippen molar-refractivity contribution in [2.45, 2.75) is 31.8 Å². The first-order chi connectivity index (χ1) is 19.0. The lowest BCUT2D eigenvalue weighted by Crippen LogP contribution is -2.33. The molecule has 4 aromatic rings. The molecular formula is C31H32ClN5OS. The Kier molecular flexibility index (Phi) is 7.19. The highest BCUT2D eigenvalue weighted by Gasteiger charge is 2.42. The molecule has 2 saturated heterocycles. The summed E-state index contributed by atoms with van der Waals surface area (Å²) in [6, 6.07) is 24.3. The van der Waals surface area contributed by atoms with Crippen LogP contribution in [0.4, 0.5) is 11.4 Å². The van der Waals surface area contributed by atoms with E-state index in [1.54, 1.807) is 7.11 Å². The highest BCUT2D eigenvalue weighted by Crippen LogP contribution is 2.44. The van der Waals surface area contributed by atoms with Crippen LogP contribution in [0.5, 0.6) is 5.75 Å². The van der Waals surface area contributed by atoms with Crippen molar-refractivity contribution < 1.29 is 4.74 Å². The van der Waals surface area contributed by atoms with Gasteiger partial charge in [-0.05, 0) is 97.7 Å². The highest BCUT2D eigenvalue weighted by molar-refractivity contribution is 7.80. The summed E-state index contributed by atoms with van der Waals surface area (Å²) in [4.78, 5) is 9.28. The molecule has 1 N–H and O–H groups in total. The predicted octanol–water partition coefficient (Wildman–Crippen LogP) is 6.95. The van der Waals surface area contributed by atoms with Gasteiger partial charge < -0.3 is 24.4 Å². The zero-order valence-corrected chi connectivity index (χ0v) is 23.7. The number of aromatic nitrogens is 2. The Balaban J connectivity index is 1.41. The van der Waals surface area contributed by atoms with E-state index in [0.29, 0.717) is 5.11 Å². The van der Waals surface area contributed by atoms with Crippen LogP contribution in [0.25, 0.3) is 5.69 Å². The Labute approximate surface area is 240 Å². The van der Waals surface area contributed by atoms with Crippen LogP contribution < -0.4 is 19.9 Å². The number of hydrogen-bond acceptors (Lipinski definition) is 4. The van der Waals surface area contributed by atoms with Crippen molar-refractivity contribution in [2.24, 2.45) is 5.92 Å². The second kappa shape index (κ2) is 10.9. The molecule has 6 nitrogen and oxygen atoms in total. The minimum atomic E-state index is -0.151. The molecule has 200 valence electrons. The van der Waals surface area contributed by atoms with Crippen molar-refractivity contribution in [3.8, 4) is 11.4 Å². The van der Waals surface area contributed by atoms with Crippen LogP contribution >= 0.6 is 23.8 Å². The molecule has 6 rings (SSSR count). The average Bonchev–Trinajstić information content (AvgIpc) is 3.58. The van der Waals surface area contributed by atoms with Gasteiger partial charge in [-0.3, -0.25) is 4.98 Å². The molecule has 2 aromatic carbocycles. The van der Waals surface area contributed by atoms with Gasteiger partial charge in [0, 0.05) is 42.6 Å².